The summed E-state index contributed by atoms with van der Waals surface area (Å²) in [6.45, 7) is 8.63. The lowest BCUT2D eigenvalue weighted by Crippen LogP contribution is -2.48. The predicted octanol–water partition coefficient (Wildman–Crippen LogP) is 2.09. The third-order valence-electron chi connectivity index (χ3n) is 4.59. The van der Waals surface area contributed by atoms with Crippen LogP contribution in [0.5, 0.6) is 5.75 Å². The summed E-state index contributed by atoms with van der Waals surface area (Å²) in [5.74, 6) is 0.727. The summed E-state index contributed by atoms with van der Waals surface area (Å²) in [5, 5.41) is 4.40. The van der Waals surface area contributed by atoms with Crippen molar-refractivity contribution in [3.05, 3.63) is 47.3 Å². The lowest BCUT2D eigenvalue weighted by Gasteiger charge is -2.34. The summed E-state index contributed by atoms with van der Waals surface area (Å²) in [4.78, 5) is 17.1. The Morgan fingerprint density at radius 1 is 1.20 bits per heavy atom. The molecule has 1 aromatic heterocycles. The minimum absolute atomic E-state index is 0.0567. The molecular formula is C19H26N4O2. The number of piperazine rings is 1. The molecule has 1 fully saturated rings. The molecule has 0 bridgehead atoms. The molecule has 0 saturated carbocycles. The highest BCUT2D eigenvalue weighted by atomic mass is 16.5. The number of ether oxygens (including phenoxy) is 1. The number of rotatable bonds is 5. The monoisotopic (exact) mass is 342 g/mol. The van der Waals surface area contributed by atoms with Gasteiger partial charge in [-0.3, -0.25) is 14.4 Å². The Bertz CT molecular complexity index is 733. The number of carbonyl (C=O) groups excluding carboxylic acids is 1. The van der Waals surface area contributed by atoms with Gasteiger partial charge < -0.3 is 9.64 Å². The second-order valence-corrected chi connectivity index (χ2v) is 6.41. The van der Waals surface area contributed by atoms with E-state index in [1.54, 1.807) is 0 Å². The van der Waals surface area contributed by atoms with E-state index in [2.05, 4.69) is 16.2 Å². The van der Waals surface area contributed by atoms with Crippen LogP contribution in [0.25, 0.3) is 0 Å². The molecule has 2 aromatic rings. The molecule has 3 rings (SSSR count). The van der Waals surface area contributed by atoms with Gasteiger partial charge in [0.25, 0.3) is 5.91 Å². The zero-order chi connectivity index (χ0) is 17.8. The molecule has 0 unspecified atom stereocenters. The van der Waals surface area contributed by atoms with Crippen LogP contribution in [-0.2, 0) is 13.6 Å². The van der Waals surface area contributed by atoms with E-state index in [1.165, 1.54) is 5.56 Å². The van der Waals surface area contributed by atoms with Crippen LogP contribution in [0, 0.1) is 6.92 Å². The van der Waals surface area contributed by atoms with Gasteiger partial charge in [0, 0.05) is 51.5 Å². The van der Waals surface area contributed by atoms with Gasteiger partial charge in [-0.1, -0.05) is 12.1 Å². The molecule has 1 saturated heterocycles. The van der Waals surface area contributed by atoms with Gasteiger partial charge in [-0.25, -0.2) is 0 Å². The van der Waals surface area contributed by atoms with E-state index in [9.17, 15) is 4.79 Å². The Labute approximate surface area is 149 Å². The first-order valence-corrected chi connectivity index (χ1v) is 8.81. The first-order chi connectivity index (χ1) is 12.1. The number of aryl methyl sites for hydroxylation is 2. The zero-order valence-electron chi connectivity index (χ0n) is 15.2. The van der Waals surface area contributed by atoms with Crippen molar-refractivity contribution in [3.8, 4) is 5.75 Å². The lowest BCUT2D eigenvalue weighted by atomic mass is 10.1. The van der Waals surface area contributed by atoms with E-state index in [0.29, 0.717) is 17.9 Å². The smallest absolute Gasteiger partial charge is 0.257 e. The maximum Gasteiger partial charge on any atom is 0.257 e. The normalized spacial score (nSPS) is 15.4. The first-order valence-electron chi connectivity index (χ1n) is 8.81. The summed E-state index contributed by atoms with van der Waals surface area (Å²) in [7, 11) is 1.95. The summed E-state index contributed by atoms with van der Waals surface area (Å²) in [6, 6.07) is 7.49. The molecule has 134 valence electrons. The minimum atomic E-state index is 0.0567. The van der Waals surface area contributed by atoms with Gasteiger partial charge in [-0.2, -0.15) is 5.10 Å². The van der Waals surface area contributed by atoms with Crippen molar-refractivity contribution in [2.75, 3.05) is 32.8 Å². The van der Waals surface area contributed by atoms with Crippen molar-refractivity contribution in [2.45, 2.75) is 20.4 Å². The summed E-state index contributed by atoms with van der Waals surface area (Å²) >= 11 is 0. The quantitative estimate of drug-likeness (QED) is 0.835. The fourth-order valence-electron chi connectivity index (χ4n) is 3.25. The second-order valence-electron chi connectivity index (χ2n) is 6.41. The maximum atomic E-state index is 12.8. The minimum Gasteiger partial charge on any atom is -0.493 e. The number of para-hydroxylation sites is 1. The average Bonchev–Trinajstić information content (AvgIpc) is 2.93. The molecule has 0 aliphatic carbocycles. The largest absolute Gasteiger partial charge is 0.493 e. The van der Waals surface area contributed by atoms with Crippen LogP contribution in [0.1, 0.15) is 28.5 Å². The molecule has 1 aliphatic rings. The van der Waals surface area contributed by atoms with Crippen LogP contribution in [0.2, 0.25) is 0 Å². The van der Waals surface area contributed by atoms with E-state index in [-0.39, 0.29) is 5.91 Å². The number of benzene rings is 1. The number of hydrogen-bond acceptors (Lipinski definition) is 4. The van der Waals surface area contributed by atoms with Crippen LogP contribution in [0.4, 0.5) is 0 Å². The van der Waals surface area contributed by atoms with Gasteiger partial charge in [0.15, 0.2) is 0 Å². The number of hydrogen-bond donors (Lipinski definition) is 0. The topological polar surface area (TPSA) is 50.6 Å². The van der Waals surface area contributed by atoms with Crippen LogP contribution < -0.4 is 4.74 Å². The fourth-order valence-corrected chi connectivity index (χ4v) is 3.25. The molecule has 0 spiro atoms. The van der Waals surface area contributed by atoms with E-state index in [1.807, 2.05) is 54.7 Å². The molecule has 1 aliphatic heterocycles. The molecule has 0 N–H and O–H groups in total. The molecule has 2 heterocycles. The van der Waals surface area contributed by atoms with Crippen LogP contribution in [0.15, 0.2) is 30.5 Å². The van der Waals surface area contributed by atoms with Crippen molar-refractivity contribution < 1.29 is 9.53 Å². The van der Waals surface area contributed by atoms with E-state index < -0.39 is 0 Å². The number of carbonyl (C=O) groups is 1. The van der Waals surface area contributed by atoms with Gasteiger partial charge in [-0.15, -0.1) is 0 Å². The summed E-state index contributed by atoms with van der Waals surface area (Å²) < 4.78 is 7.45. The molecule has 0 radical (unpaired) electrons. The van der Waals surface area contributed by atoms with Gasteiger partial charge in [0.05, 0.1) is 17.9 Å². The first kappa shape index (κ1) is 17.5. The zero-order valence-corrected chi connectivity index (χ0v) is 15.2. The van der Waals surface area contributed by atoms with Gasteiger partial charge in [-0.05, 0) is 26.0 Å². The number of aromatic nitrogens is 2. The maximum absolute atomic E-state index is 12.8. The summed E-state index contributed by atoms with van der Waals surface area (Å²) in [6.07, 6.45) is 2.07. The van der Waals surface area contributed by atoms with Crippen molar-refractivity contribution in [1.29, 1.82) is 0 Å². The number of amides is 1. The molecule has 1 aromatic carbocycles. The molecule has 25 heavy (non-hydrogen) atoms. The predicted molar refractivity (Wildman–Crippen MR) is 96.7 cm³/mol. The molecule has 6 nitrogen and oxygen atoms in total. The van der Waals surface area contributed by atoms with Crippen LogP contribution in [0.3, 0.4) is 0 Å². The third-order valence-corrected chi connectivity index (χ3v) is 4.59. The molecule has 6 heteroatoms. The SMILES string of the molecule is CCOc1ccccc1C(=O)N1CCN(Cc2cn(C)nc2C)CC1. The van der Waals surface area contributed by atoms with E-state index in [4.69, 9.17) is 4.74 Å². The fraction of sp³-hybridized carbons (Fsp3) is 0.474. The Balaban J connectivity index is 1.60. The Hall–Kier alpha value is -2.34. The van der Waals surface area contributed by atoms with Crippen LogP contribution in [-0.4, -0.2) is 58.3 Å². The Morgan fingerprint density at radius 2 is 1.92 bits per heavy atom. The van der Waals surface area contributed by atoms with Gasteiger partial charge in [0.1, 0.15) is 5.75 Å². The third kappa shape index (κ3) is 4.02. The molecule has 0 atom stereocenters. The van der Waals surface area contributed by atoms with Crippen molar-refractivity contribution in [2.24, 2.45) is 7.05 Å². The van der Waals surface area contributed by atoms with Gasteiger partial charge in [0.2, 0.25) is 0 Å². The summed E-state index contributed by atoms with van der Waals surface area (Å²) in [5.41, 5.74) is 2.98. The molecule has 1 amide bonds. The highest BCUT2D eigenvalue weighted by Gasteiger charge is 2.24. The van der Waals surface area contributed by atoms with E-state index >= 15 is 0 Å². The second kappa shape index (κ2) is 7.70. The van der Waals surface area contributed by atoms with E-state index in [0.717, 1.165) is 38.4 Å². The van der Waals surface area contributed by atoms with Crippen molar-refractivity contribution in [1.82, 2.24) is 19.6 Å². The Kier molecular flexibility index (Phi) is 5.38. The van der Waals surface area contributed by atoms with Crippen LogP contribution >= 0.6 is 0 Å². The van der Waals surface area contributed by atoms with Gasteiger partial charge >= 0.3 is 0 Å². The van der Waals surface area contributed by atoms with Crippen molar-refractivity contribution >= 4 is 5.91 Å². The average molecular weight is 342 g/mol. The highest BCUT2D eigenvalue weighted by molar-refractivity contribution is 5.97. The number of nitrogens with zero attached hydrogens (tertiary/aromatic N) is 4. The lowest BCUT2D eigenvalue weighted by molar-refractivity contribution is 0.0624. The highest BCUT2D eigenvalue weighted by Crippen LogP contribution is 2.21. The van der Waals surface area contributed by atoms with Crippen molar-refractivity contribution in [3.63, 3.8) is 0 Å². The Morgan fingerprint density at radius 3 is 2.56 bits per heavy atom. The molecular weight excluding hydrogens is 316 g/mol. The standard InChI is InChI=1S/C19H26N4O2/c1-4-25-18-8-6-5-7-17(18)19(24)23-11-9-22(10-12-23)14-16-13-21(3)20-15(16)2/h5-8,13H,4,9-12,14H2,1-3H3.